The molecule has 4 rings (SSSR count). The second-order valence-corrected chi connectivity index (χ2v) is 8.64. The minimum atomic E-state index is -5.00. The van der Waals surface area contributed by atoms with E-state index in [0.717, 1.165) is 15.4 Å². The molecule has 0 aliphatic rings. The molecule has 2 heterocycles. The van der Waals surface area contributed by atoms with Crippen LogP contribution in [0.15, 0.2) is 53.3 Å². The number of nitrogens with zero attached hydrogens (tertiary/aromatic N) is 6. The maximum absolute atomic E-state index is 13.6. The Morgan fingerprint density at radius 2 is 1.68 bits per heavy atom. The Morgan fingerprint density at radius 3 is 2.29 bits per heavy atom. The number of benzene rings is 2. The fourth-order valence-electron chi connectivity index (χ4n) is 3.84. The van der Waals surface area contributed by atoms with E-state index < -0.39 is 42.8 Å². The van der Waals surface area contributed by atoms with E-state index in [0.29, 0.717) is 9.59 Å². The zero-order valence-electron chi connectivity index (χ0n) is 19.5. The van der Waals surface area contributed by atoms with Gasteiger partial charge in [-0.15, -0.1) is 10.2 Å². The van der Waals surface area contributed by atoms with Crippen LogP contribution in [-0.4, -0.2) is 46.7 Å². The van der Waals surface area contributed by atoms with Crippen molar-refractivity contribution < 1.29 is 31.4 Å². The lowest BCUT2D eigenvalue weighted by Gasteiger charge is -2.15. The number of rotatable bonds is 7. The first kappa shape index (κ1) is 27.4. The zero-order chi connectivity index (χ0) is 27.8. The Morgan fingerprint density at radius 1 is 1.03 bits per heavy atom. The van der Waals surface area contributed by atoms with Crippen LogP contribution in [0.5, 0.6) is 0 Å². The van der Waals surface area contributed by atoms with Gasteiger partial charge in [0.1, 0.15) is 5.69 Å². The molecule has 1 N–H and O–H groups in total. The van der Waals surface area contributed by atoms with Gasteiger partial charge in [-0.25, -0.2) is 14.2 Å². The van der Waals surface area contributed by atoms with Crippen molar-refractivity contribution in [2.24, 2.45) is 0 Å². The van der Waals surface area contributed by atoms with Crippen molar-refractivity contribution >= 4 is 11.6 Å². The van der Waals surface area contributed by atoms with Gasteiger partial charge < -0.3 is 5.11 Å². The minimum Gasteiger partial charge on any atom is -0.382 e. The molecule has 1 atom stereocenters. The smallest absolute Gasteiger partial charge is 0.382 e. The first-order valence-corrected chi connectivity index (χ1v) is 11.5. The summed E-state index contributed by atoms with van der Waals surface area (Å²) < 4.78 is 82.4. The van der Waals surface area contributed by atoms with Gasteiger partial charge in [-0.2, -0.15) is 26.3 Å². The van der Waals surface area contributed by atoms with Crippen LogP contribution >= 0.6 is 11.6 Å². The van der Waals surface area contributed by atoms with E-state index in [2.05, 4.69) is 15.4 Å². The molecule has 0 radical (unpaired) electrons. The molecule has 0 saturated heterocycles. The van der Waals surface area contributed by atoms with Crippen molar-refractivity contribution in [2.75, 3.05) is 0 Å². The summed E-state index contributed by atoms with van der Waals surface area (Å²) in [5.74, 6) is -0.178. The van der Waals surface area contributed by atoms with Gasteiger partial charge in [0.2, 0.25) is 0 Å². The van der Waals surface area contributed by atoms with Crippen molar-refractivity contribution in [3.8, 4) is 17.1 Å². The van der Waals surface area contributed by atoms with Gasteiger partial charge in [-0.1, -0.05) is 35.9 Å². The molecular weight excluding hydrogens is 542 g/mol. The predicted octanol–water partition coefficient (Wildman–Crippen LogP) is 4.50. The fourth-order valence-corrected chi connectivity index (χ4v) is 3.97. The maximum Gasteiger partial charge on any atom is 0.418 e. The van der Waals surface area contributed by atoms with Crippen LogP contribution in [0, 0.1) is 0 Å². The second-order valence-electron chi connectivity index (χ2n) is 8.20. The van der Waals surface area contributed by atoms with Crippen molar-refractivity contribution in [3.63, 3.8) is 0 Å². The van der Waals surface area contributed by atoms with Gasteiger partial charge in [-0.05, 0) is 42.8 Å². The van der Waals surface area contributed by atoms with Crippen LogP contribution in [0.1, 0.15) is 23.9 Å². The average Bonchev–Trinajstić information content (AvgIpc) is 3.39. The molecule has 0 amide bonds. The van der Waals surface area contributed by atoms with E-state index in [-0.39, 0.29) is 34.9 Å². The van der Waals surface area contributed by atoms with Gasteiger partial charge >= 0.3 is 18.0 Å². The Hall–Kier alpha value is -3.65. The molecular formula is C23H19ClF6N6O2. The van der Waals surface area contributed by atoms with Crippen molar-refractivity contribution in [3.05, 3.63) is 81.0 Å². The van der Waals surface area contributed by atoms with Gasteiger partial charge in [0.05, 0.1) is 30.0 Å². The number of aliphatic hydroxyl groups is 1. The summed E-state index contributed by atoms with van der Waals surface area (Å²) in [5.41, 5.74) is -1.63. The number of halogens is 7. The van der Waals surface area contributed by atoms with Gasteiger partial charge in [0, 0.05) is 10.6 Å². The third-order valence-electron chi connectivity index (χ3n) is 5.67. The largest absolute Gasteiger partial charge is 0.418 e. The van der Waals surface area contributed by atoms with Crippen molar-refractivity contribution in [1.82, 2.24) is 29.3 Å². The first-order chi connectivity index (χ1) is 17.8. The van der Waals surface area contributed by atoms with Crippen LogP contribution in [0.4, 0.5) is 26.3 Å². The molecule has 15 heteroatoms. The molecule has 0 aliphatic heterocycles. The third-order valence-corrected chi connectivity index (χ3v) is 5.93. The Bertz CT molecular complexity index is 1490. The summed E-state index contributed by atoms with van der Waals surface area (Å²) in [5, 5.41) is 21.9. The monoisotopic (exact) mass is 560 g/mol. The molecule has 4 aromatic rings. The lowest BCUT2D eigenvalue weighted by molar-refractivity contribution is -0.207. The van der Waals surface area contributed by atoms with Crippen LogP contribution in [0.2, 0.25) is 5.02 Å². The Kier molecular flexibility index (Phi) is 7.39. The van der Waals surface area contributed by atoms with E-state index in [1.807, 2.05) is 0 Å². The highest BCUT2D eigenvalue weighted by Gasteiger charge is 2.39. The topological polar surface area (TPSA) is 90.8 Å². The summed E-state index contributed by atoms with van der Waals surface area (Å²) in [6.45, 7) is 0.119. The van der Waals surface area contributed by atoms with Gasteiger partial charge in [0.25, 0.3) is 0 Å². The molecule has 0 saturated carbocycles. The molecule has 0 spiro atoms. The van der Waals surface area contributed by atoms with E-state index in [1.54, 1.807) is 6.92 Å². The van der Waals surface area contributed by atoms with E-state index in [9.17, 15) is 36.2 Å². The lowest BCUT2D eigenvalue weighted by Crippen LogP contribution is -2.37. The number of hydrogen-bond donors (Lipinski definition) is 1. The number of aromatic nitrogens is 6. The normalized spacial score (nSPS) is 13.2. The van der Waals surface area contributed by atoms with E-state index in [1.165, 1.54) is 42.5 Å². The number of aliphatic hydroxyl groups excluding tert-OH is 1. The Labute approximate surface area is 215 Å². The van der Waals surface area contributed by atoms with Crippen LogP contribution in [0.3, 0.4) is 0 Å². The van der Waals surface area contributed by atoms with Gasteiger partial charge in [-0.3, -0.25) is 4.57 Å². The van der Waals surface area contributed by atoms with Crippen molar-refractivity contribution in [2.45, 2.75) is 44.9 Å². The van der Waals surface area contributed by atoms with Gasteiger partial charge in [0.15, 0.2) is 11.9 Å². The molecule has 0 fully saturated rings. The predicted molar refractivity (Wildman–Crippen MR) is 124 cm³/mol. The average molecular weight is 561 g/mol. The highest BCUT2D eigenvalue weighted by atomic mass is 35.5. The Balaban J connectivity index is 1.79. The molecule has 2 aromatic carbocycles. The molecule has 38 heavy (non-hydrogen) atoms. The summed E-state index contributed by atoms with van der Waals surface area (Å²) in [6.07, 6.45) is -12.4. The van der Waals surface area contributed by atoms with E-state index >= 15 is 0 Å². The molecule has 0 aliphatic carbocycles. The number of alkyl halides is 6. The minimum absolute atomic E-state index is 0.0928. The van der Waals surface area contributed by atoms with E-state index in [4.69, 9.17) is 11.6 Å². The zero-order valence-corrected chi connectivity index (χ0v) is 20.3. The SMILES string of the molecule is CCc1c(Cn2nc(-c3ccc(Cl)cc3)n(C[C@H](O)C(F)(F)F)c2=O)nnn1-c1ccccc1C(F)(F)F. The molecule has 0 unspecified atom stereocenters. The second kappa shape index (κ2) is 10.3. The number of para-hydroxylation sites is 1. The molecule has 0 bridgehead atoms. The molecule has 8 nitrogen and oxygen atoms in total. The number of hydrogen-bond acceptors (Lipinski definition) is 5. The summed E-state index contributed by atoms with van der Waals surface area (Å²) in [7, 11) is 0. The standard InChI is InChI=1S/C23H19ClF6N6O2/c1-2-17-16(31-33-36(17)18-6-4-3-5-15(18)22(25,26)27)11-35-21(38)34(12-19(37)23(28,29)30)20(32-35)13-7-9-14(24)10-8-13/h3-10,19,37H,2,11-12H2,1H3/t19-/m0/s1. The molecule has 2 aromatic heterocycles. The van der Waals surface area contributed by atoms with Crippen LogP contribution in [0.25, 0.3) is 17.1 Å². The van der Waals surface area contributed by atoms with Crippen LogP contribution in [-0.2, 0) is 25.7 Å². The highest BCUT2D eigenvalue weighted by Crippen LogP contribution is 2.34. The third kappa shape index (κ3) is 5.45. The maximum atomic E-state index is 13.6. The summed E-state index contributed by atoms with van der Waals surface area (Å²) in [6, 6.07) is 10.5. The fraction of sp³-hybridized carbons (Fsp3) is 0.304. The molecule has 202 valence electrons. The summed E-state index contributed by atoms with van der Waals surface area (Å²) in [4.78, 5) is 13.1. The quantitative estimate of drug-likeness (QED) is 0.336. The highest BCUT2D eigenvalue weighted by molar-refractivity contribution is 6.30. The van der Waals surface area contributed by atoms with Crippen molar-refractivity contribution in [1.29, 1.82) is 0 Å². The summed E-state index contributed by atoms with van der Waals surface area (Å²) >= 11 is 5.88. The lowest BCUT2D eigenvalue weighted by atomic mass is 10.1. The van der Waals surface area contributed by atoms with Crippen LogP contribution < -0.4 is 5.69 Å². The first-order valence-electron chi connectivity index (χ1n) is 11.1.